The molecule has 0 atom stereocenters. The van der Waals surface area contributed by atoms with E-state index in [4.69, 9.17) is 27.9 Å². The lowest BCUT2D eigenvalue weighted by Crippen LogP contribution is -2.04. The highest BCUT2D eigenvalue weighted by Gasteiger charge is 2.15. The molecule has 0 aliphatic heterocycles. The first-order chi connectivity index (χ1) is 15.3. The Hall–Kier alpha value is -3.19. The SMILES string of the molecule is CC(=O)c1cccc(-c2ccc(-c3nc(-c4ccc(Cl)c(Cl)c4)cs3)cc2OC(=O)O)c1. The lowest BCUT2D eigenvalue weighted by atomic mass is 9.99. The van der Waals surface area contributed by atoms with Crippen molar-refractivity contribution in [1.29, 1.82) is 0 Å². The number of Topliss-reactive ketones (excluding diaryl/α,β-unsaturated/α-hetero) is 1. The number of carbonyl (C=O) groups excluding carboxylic acids is 1. The Morgan fingerprint density at radius 3 is 2.44 bits per heavy atom. The van der Waals surface area contributed by atoms with E-state index in [0.717, 1.165) is 11.3 Å². The summed E-state index contributed by atoms with van der Waals surface area (Å²) >= 11 is 13.5. The fraction of sp³-hybridized carbons (Fsp3) is 0.0417. The first kappa shape index (κ1) is 22.0. The lowest BCUT2D eigenvalue weighted by Gasteiger charge is -2.11. The van der Waals surface area contributed by atoms with Crippen LogP contribution in [0.1, 0.15) is 17.3 Å². The van der Waals surface area contributed by atoms with E-state index in [1.54, 1.807) is 48.5 Å². The number of aromatic nitrogens is 1. The van der Waals surface area contributed by atoms with E-state index >= 15 is 0 Å². The summed E-state index contributed by atoms with van der Waals surface area (Å²) in [4.78, 5) is 27.7. The number of carbonyl (C=O) groups is 2. The van der Waals surface area contributed by atoms with Crippen LogP contribution in [0, 0.1) is 0 Å². The second-order valence-corrected chi connectivity index (χ2v) is 8.56. The van der Waals surface area contributed by atoms with Gasteiger partial charge in [-0.2, -0.15) is 0 Å². The molecule has 5 nitrogen and oxygen atoms in total. The van der Waals surface area contributed by atoms with Gasteiger partial charge < -0.3 is 9.84 Å². The summed E-state index contributed by atoms with van der Waals surface area (Å²) in [6.45, 7) is 1.48. The van der Waals surface area contributed by atoms with Crippen LogP contribution in [0.4, 0.5) is 4.79 Å². The van der Waals surface area contributed by atoms with Crippen LogP contribution >= 0.6 is 34.5 Å². The number of halogens is 2. The second kappa shape index (κ2) is 9.12. The Bertz CT molecular complexity index is 1350. The normalized spacial score (nSPS) is 10.7. The number of ether oxygens (including phenoxy) is 1. The lowest BCUT2D eigenvalue weighted by molar-refractivity contribution is 0.101. The highest BCUT2D eigenvalue weighted by Crippen LogP contribution is 2.37. The first-order valence-corrected chi connectivity index (χ1v) is 11.0. The van der Waals surface area contributed by atoms with Gasteiger partial charge in [0.05, 0.1) is 15.7 Å². The van der Waals surface area contributed by atoms with Crippen molar-refractivity contribution in [3.8, 4) is 38.7 Å². The average molecular weight is 484 g/mol. The van der Waals surface area contributed by atoms with Gasteiger partial charge in [-0.25, -0.2) is 9.78 Å². The van der Waals surface area contributed by atoms with Gasteiger partial charge in [0, 0.05) is 27.6 Å². The Morgan fingerprint density at radius 2 is 1.72 bits per heavy atom. The number of nitrogens with zero attached hydrogens (tertiary/aromatic N) is 1. The summed E-state index contributed by atoms with van der Waals surface area (Å²) < 4.78 is 5.06. The van der Waals surface area contributed by atoms with Gasteiger partial charge in [-0.05, 0) is 42.8 Å². The molecule has 0 fully saturated rings. The van der Waals surface area contributed by atoms with Gasteiger partial charge in [0.25, 0.3) is 0 Å². The van der Waals surface area contributed by atoms with Crippen molar-refractivity contribution in [2.75, 3.05) is 0 Å². The van der Waals surface area contributed by atoms with Crippen molar-refractivity contribution in [2.24, 2.45) is 0 Å². The van der Waals surface area contributed by atoms with Crippen molar-refractivity contribution < 1.29 is 19.4 Å². The summed E-state index contributed by atoms with van der Waals surface area (Å²) in [5.74, 6) is 0.0729. The Labute approximate surface area is 197 Å². The van der Waals surface area contributed by atoms with Crippen LogP contribution in [-0.2, 0) is 0 Å². The molecule has 8 heteroatoms. The van der Waals surface area contributed by atoms with Crippen molar-refractivity contribution in [1.82, 2.24) is 4.98 Å². The molecular formula is C24H15Cl2NO4S. The molecular weight excluding hydrogens is 469 g/mol. The number of carboxylic acid groups (broad SMARTS) is 1. The zero-order chi connectivity index (χ0) is 22.8. The van der Waals surface area contributed by atoms with Crippen molar-refractivity contribution in [3.05, 3.63) is 81.7 Å². The smallest absolute Gasteiger partial charge is 0.449 e. The molecule has 0 aliphatic carbocycles. The van der Waals surface area contributed by atoms with E-state index in [1.165, 1.54) is 18.3 Å². The molecule has 160 valence electrons. The van der Waals surface area contributed by atoms with Gasteiger partial charge >= 0.3 is 6.16 Å². The van der Waals surface area contributed by atoms with Gasteiger partial charge in [0.2, 0.25) is 0 Å². The van der Waals surface area contributed by atoms with E-state index < -0.39 is 6.16 Å². The molecule has 0 radical (unpaired) electrons. The third-order valence-electron chi connectivity index (χ3n) is 4.73. The molecule has 0 unspecified atom stereocenters. The number of ketones is 1. The molecule has 0 saturated heterocycles. The average Bonchev–Trinajstić information content (AvgIpc) is 3.25. The number of hydrogen-bond donors (Lipinski definition) is 1. The van der Waals surface area contributed by atoms with Crippen LogP contribution in [0.15, 0.2) is 66.0 Å². The van der Waals surface area contributed by atoms with E-state index in [1.807, 2.05) is 17.5 Å². The molecule has 0 bridgehead atoms. The molecule has 0 amide bonds. The number of benzene rings is 3. The zero-order valence-corrected chi connectivity index (χ0v) is 19.0. The van der Waals surface area contributed by atoms with Crippen LogP contribution in [-0.4, -0.2) is 22.0 Å². The van der Waals surface area contributed by atoms with Crippen molar-refractivity contribution in [2.45, 2.75) is 6.92 Å². The quantitative estimate of drug-likeness (QED) is 0.178. The number of hydrogen-bond acceptors (Lipinski definition) is 5. The minimum Gasteiger partial charge on any atom is -0.449 e. The molecule has 3 aromatic carbocycles. The second-order valence-electron chi connectivity index (χ2n) is 6.88. The molecule has 1 N–H and O–H groups in total. The molecule has 32 heavy (non-hydrogen) atoms. The Morgan fingerprint density at radius 1 is 0.938 bits per heavy atom. The highest BCUT2D eigenvalue weighted by atomic mass is 35.5. The van der Waals surface area contributed by atoms with E-state index in [9.17, 15) is 14.7 Å². The summed E-state index contributed by atoms with van der Waals surface area (Å²) in [6, 6.07) is 17.5. The van der Waals surface area contributed by atoms with Crippen LogP contribution in [0.5, 0.6) is 5.75 Å². The van der Waals surface area contributed by atoms with Gasteiger partial charge in [-0.15, -0.1) is 11.3 Å². The van der Waals surface area contributed by atoms with Crippen LogP contribution < -0.4 is 4.74 Å². The highest BCUT2D eigenvalue weighted by molar-refractivity contribution is 7.13. The van der Waals surface area contributed by atoms with E-state index in [-0.39, 0.29) is 11.5 Å². The van der Waals surface area contributed by atoms with Crippen LogP contribution in [0.25, 0.3) is 33.0 Å². The van der Waals surface area contributed by atoms with E-state index in [2.05, 4.69) is 4.98 Å². The summed E-state index contributed by atoms with van der Waals surface area (Å²) in [6.07, 6.45) is -1.43. The maximum atomic E-state index is 11.7. The minimum atomic E-state index is -1.43. The number of thiazole rings is 1. The van der Waals surface area contributed by atoms with Crippen molar-refractivity contribution in [3.63, 3.8) is 0 Å². The molecule has 0 saturated carbocycles. The molecule has 4 rings (SSSR count). The first-order valence-electron chi connectivity index (χ1n) is 9.39. The van der Waals surface area contributed by atoms with Gasteiger partial charge in [0.15, 0.2) is 5.78 Å². The summed E-state index contributed by atoms with van der Waals surface area (Å²) in [5, 5.41) is 12.7. The monoisotopic (exact) mass is 483 g/mol. The minimum absolute atomic E-state index is 0.0817. The maximum Gasteiger partial charge on any atom is 0.511 e. The molecule has 1 aromatic heterocycles. The Balaban J connectivity index is 1.74. The van der Waals surface area contributed by atoms with Gasteiger partial charge in [-0.1, -0.05) is 53.5 Å². The maximum absolute atomic E-state index is 11.7. The van der Waals surface area contributed by atoms with Gasteiger partial charge in [-0.3, -0.25) is 4.79 Å². The van der Waals surface area contributed by atoms with Crippen LogP contribution in [0.3, 0.4) is 0 Å². The topological polar surface area (TPSA) is 76.5 Å². The summed E-state index contributed by atoms with van der Waals surface area (Å²) in [5.41, 5.74) is 4.00. The Kier molecular flexibility index (Phi) is 6.28. The third kappa shape index (κ3) is 4.67. The predicted molar refractivity (Wildman–Crippen MR) is 127 cm³/mol. The van der Waals surface area contributed by atoms with Crippen molar-refractivity contribution >= 4 is 46.5 Å². The molecule has 0 spiro atoms. The van der Waals surface area contributed by atoms with Crippen LogP contribution in [0.2, 0.25) is 10.0 Å². The third-order valence-corrected chi connectivity index (χ3v) is 6.36. The predicted octanol–water partition coefficient (Wildman–Crippen LogP) is 7.71. The van der Waals surface area contributed by atoms with E-state index in [0.29, 0.717) is 37.3 Å². The summed E-state index contributed by atoms with van der Waals surface area (Å²) in [7, 11) is 0. The molecule has 1 heterocycles. The largest absolute Gasteiger partial charge is 0.511 e. The zero-order valence-electron chi connectivity index (χ0n) is 16.6. The fourth-order valence-electron chi connectivity index (χ4n) is 3.17. The number of rotatable bonds is 5. The standard InChI is InChI=1S/C24H15Cl2NO4S/c1-13(28)14-3-2-4-15(9-14)18-7-5-17(11-22(18)31-24(29)30)23-27-21(12-32-23)16-6-8-19(25)20(26)10-16/h2-12H,1H3,(H,29,30). The fourth-order valence-corrected chi connectivity index (χ4v) is 4.30. The molecule has 4 aromatic rings. The molecule has 0 aliphatic rings. The van der Waals surface area contributed by atoms with Gasteiger partial charge in [0.1, 0.15) is 10.8 Å².